The van der Waals surface area contributed by atoms with Gasteiger partial charge in [0.25, 0.3) is 0 Å². The van der Waals surface area contributed by atoms with Crippen molar-refractivity contribution in [1.29, 1.82) is 0 Å². The minimum absolute atomic E-state index is 0.00808. The van der Waals surface area contributed by atoms with Crippen LogP contribution >= 0.6 is 0 Å². The van der Waals surface area contributed by atoms with Gasteiger partial charge in [-0.2, -0.15) is 0 Å². The van der Waals surface area contributed by atoms with Crippen LogP contribution in [0, 0.1) is 6.92 Å². The highest BCUT2D eigenvalue weighted by Crippen LogP contribution is 2.28. The Balaban J connectivity index is 1.74. The number of hydrogen-bond acceptors (Lipinski definition) is 2. The average molecular weight is 340 g/mol. The summed E-state index contributed by atoms with van der Waals surface area (Å²) in [6, 6.07) is 10.3. The lowest BCUT2D eigenvalue weighted by molar-refractivity contribution is -0.129. The lowest BCUT2D eigenvalue weighted by atomic mass is 9.99. The second-order valence-electron chi connectivity index (χ2n) is 6.64. The van der Waals surface area contributed by atoms with E-state index in [2.05, 4.69) is 12.1 Å². The molecule has 2 aromatic rings. The minimum atomic E-state index is -0.962. The Hall–Kier alpha value is -2.56. The quantitative estimate of drug-likeness (QED) is 0.910. The fraction of sp³-hybridized carbons (Fsp3) is 0.400. The molecule has 5 nitrogen and oxygen atoms in total. The summed E-state index contributed by atoms with van der Waals surface area (Å²) in [6.45, 7) is 5.83. The molecule has 1 fully saturated rings. The summed E-state index contributed by atoms with van der Waals surface area (Å²) in [5.74, 6) is -0.589. The van der Waals surface area contributed by atoms with Crippen LogP contribution < -0.4 is 0 Å². The zero-order valence-electron chi connectivity index (χ0n) is 14.7. The molecule has 0 bridgehead atoms. The highest BCUT2D eigenvalue weighted by molar-refractivity contribution is 5.93. The standard InChI is InChI=1S/C20H24N2O3/c1-3-21-12-14(2)19(20(24)25)17(21)11-18(23)22-10-9-16(13-22)15-7-5-4-6-8-15/h4-8,12,16H,3,9-11,13H2,1-2H3,(H,24,25)/t16-/m1/s1. The topological polar surface area (TPSA) is 62.5 Å². The molecule has 1 aliphatic rings. The predicted molar refractivity (Wildman–Crippen MR) is 95.9 cm³/mol. The van der Waals surface area contributed by atoms with E-state index in [0.29, 0.717) is 30.3 Å². The van der Waals surface area contributed by atoms with E-state index in [1.807, 2.05) is 40.8 Å². The van der Waals surface area contributed by atoms with Crippen molar-refractivity contribution in [2.75, 3.05) is 13.1 Å². The Kier molecular flexibility index (Phi) is 4.93. The van der Waals surface area contributed by atoms with Gasteiger partial charge in [0.2, 0.25) is 5.91 Å². The van der Waals surface area contributed by atoms with Gasteiger partial charge in [0.1, 0.15) is 0 Å². The molecule has 1 aliphatic heterocycles. The van der Waals surface area contributed by atoms with Crippen molar-refractivity contribution in [3.63, 3.8) is 0 Å². The van der Waals surface area contributed by atoms with E-state index >= 15 is 0 Å². The first-order valence-electron chi connectivity index (χ1n) is 8.75. The summed E-state index contributed by atoms with van der Waals surface area (Å²) in [5, 5.41) is 9.49. The van der Waals surface area contributed by atoms with Crippen molar-refractivity contribution < 1.29 is 14.7 Å². The molecule has 1 atom stereocenters. The van der Waals surface area contributed by atoms with Crippen molar-refractivity contribution in [1.82, 2.24) is 9.47 Å². The highest BCUT2D eigenvalue weighted by atomic mass is 16.4. The number of rotatable bonds is 5. The summed E-state index contributed by atoms with van der Waals surface area (Å²) in [6.07, 6.45) is 2.92. The van der Waals surface area contributed by atoms with Crippen LogP contribution in [0.4, 0.5) is 0 Å². The second-order valence-corrected chi connectivity index (χ2v) is 6.64. The Morgan fingerprint density at radius 1 is 1.24 bits per heavy atom. The summed E-state index contributed by atoms with van der Waals surface area (Å²) in [7, 11) is 0. The Bertz CT molecular complexity index is 780. The third-order valence-electron chi connectivity index (χ3n) is 5.06. The third-order valence-corrected chi connectivity index (χ3v) is 5.06. The van der Waals surface area contributed by atoms with E-state index in [1.165, 1.54) is 5.56 Å². The molecular formula is C20H24N2O3. The molecule has 25 heavy (non-hydrogen) atoms. The molecule has 0 unspecified atom stereocenters. The van der Waals surface area contributed by atoms with Crippen LogP contribution in [0.3, 0.4) is 0 Å². The molecule has 0 aliphatic carbocycles. The maximum atomic E-state index is 12.8. The molecule has 1 aromatic heterocycles. The molecular weight excluding hydrogens is 316 g/mol. The van der Waals surface area contributed by atoms with Gasteiger partial charge in [-0.1, -0.05) is 30.3 Å². The number of carboxylic acid groups (broad SMARTS) is 1. The zero-order valence-corrected chi connectivity index (χ0v) is 14.7. The zero-order chi connectivity index (χ0) is 18.0. The SMILES string of the molecule is CCn1cc(C)c(C(=O)O)c1CC(=O)N1CC[C@@H](c2ccccc2)C1. The number of aryl methyl sites for hydroxylation is 2. The minimum Gasteiger partial charge on any atom is -0.478 e. The van der Waals surface area contributed by atoms with Gasteiger partial charge in [-0.05, 0) is 31.4 Å². The van der Waals surface area contributed by atoms with E-state index in [0.717, 1.165) is 13.0 Å². The number of hydrogen-bond donors (Lipinski definition) is 1. The number of carbonyl (C=O) groups excluding carboxylic acids is 1. The summed E-state index contributed by atoms with van der Waals surface area (Å²) in [5.41, 5.74) is 2.85. The highest BCUT2D eigenvalue weighted by Gasteiger charge is 2.29. The fourth-order valence-electron chi connectivity index (χ4n) is 3.75. The lowest BCUT2D eigenvalue weighted by Gasteiger charge is -2.18. The monoisotopic (exact) mass is 340 g/mol. The van der Waals surface area contributed by atoms with E-state index in [4.69, 9.17) is 0 Å². The van der Waals surface area contributed by atoms with Crippen molar-refractivity contribution in [3.05, 3.63) is 58.9 Å². The summed E-state index contributed by atoms with van der Waals surface area (Å²) in [4.78, 5) is 26.2. The van der Waals surface area contributed by atoms with Gasteiger partial charge in [-0.3, -0.25) is 4.79 Å². The largest absolute Gasteiger partial charge is 0.478 e. The molecule has 2 heterocycles. The number of likely N-dealkylation sites (tertiary alicyclic amines) is 1. The lowest BCUT2D eigenvalue weighted by Crippen LogP contribution is -2.31. The van der Waals surface area contributed by atoms with Gasteiger partial charge in [-0.25, -0.2) is 4.79 Å². The first kappa shape index (κ1) is 17.3. The van der Waals surface area contributed by atoms with Crippen molar-refractivity contribution in [2.24, 2.45) is 0 Å². The van der Waals surface area contributed by atoms with Gasteiger partial charge >= 0.3 is 5.97 Å². The van der Waals surface area contributed by atoms with Crippen LogP contribution in [0.1, 0.15) is 46.4 Å². The fourth-order valence-corrected chi connectivity index (χ4v) is 3.75. The maximum absolute atomic E-state index is 12.8. The summed E-state index contributed by atoms with van der Waals surface area (Å²) >= 11 is 0. The predicted octanol–water partition coefficient (Wildman–Crippen LogP) is 3.07. The molecule has 1 amide bonds. The van der Waals surface area contributed by atoms with Crippen LogP contribution in [0.15, 0.2) is 36.5 Å². The van der Waals surface area contributed by atoms with Gasteiger partial charge in [0, 0.05) is 37.4 Å². The normalized spacial score (nSPS) is 17.0. The van der Waals surface area contributed by atoms with Crippen molar-refractivity contribution in [3.8, 4) is 0 Å². The molecule has 132 valence electrons. The molecule has 0 radical (unpaired) electrons. The van der Waals surface area contributed by atoms with Gasteiger partial charge in [0.15, 0.2) is 0 Å². The number of amides is 1. The maximum Gasteiger partial charge on any atom is 0.337 e. The van der Waals surface area contributed by atoms with Crippen LogP contribution in [0.2, 0.25) is 0 Å². The van der Waals surface area contributed by atoms with Crippen LogP contribution in [0.25, 0.3) is 0 Å². The molecule has 3 rings (SSSR count). The van der Waals surface area contributed by atoms with Crippen molar-refractivity contribution >= 4 is 11.9 Å². The average Bonchev–Trinajstić information content (AvgIpc) is 3.20. The van der Waals surface area contributed by atoms with E-state index in [-0.39, 0.29) is 17.9 Å². The van der Waals surface area contributed by atoms with E-state index in [9.17, 15) is 14.7 Å². The second kappa shape index (κ2) is 7.13. The first-order valence-corrected chi connectivity index (χ1v) is 8.75. The van der Waals surface area contributed by atoms with Crippen LogP contribution in [-0.2, 0) is 17.8 Å². The van der Waals surface area contributed by atoms with Crippen LogP contribution in [0.5, 0.6) is 0 Å². The number of aromatic nitrogens is 1. The van der Waals surface area contributed by atoms with E-state index in [1.54, 1.807) is 6.92 Å². The Labute approximate surface area is 147 Å². The molecule has 0 spiro atoms. The molecule has 1 saturated heterocycles. The van der Waals surface area contributed by atoms with Gasteiger partial charge in [-0.15, -0.1) is 0 Å². The third kappa shape index (κ3) is 3.45. The smallest absolute Gasteiger partial charge is 0.337 e. The first-order chi connectivity index (χ1) is 12.0. The Morgan fingerprint density at radius 2 is 1.96 bits per heavy atom. The molecule has 1 N–H and O–H groups in total. The number of benzene rings is 1. The number of nitrogens with zero attached hydrogens (tertiary/aromatic N) is 2. The van der Waals surface area contributed by atoms with Crippen molar-refractivity contribution in [2.45, 2.75) is 39.2 Å². The Morgan fingerprint density at radius 3 is 2.60 bits per heavy atom. The van der Waals surface area contributed by atoms with Gasteiger partial charge < -0.3 is 14.6 Å². The summed E-state index contributed by atoms with van der Waals surface area (Å²) < 4.78 is 1.88. The molecule has 5 heteroatoms. The molecule has 0 saturated carbocycles. The van der Waals surface area contributed by atoms with E-state index < -0.39 is 5.97 Å². The number of carboxylic acids is 1. The van der Waals surface area contributed by atoms with Gasteiger partial charge in [0.05, 0.1) is 12.0 Å². The number of carbonyl (C=O) groups is 2. The van der Waals surface area contributed by atoms with Crippen LogP contribution in [-0.4, -0.2) is 39.5 Å². The number of aromatic carboxylic acids is 1. The molecule has 1 aromatic carbocycles.